The molecule has 0 radical (unpaired) electrons. The Kier molecular flexibility index (Phi) is 5.43. The number of nitrogens with one attached hydrogen (secondary N) is 1. The first-order chi connectivity index (χ1) is 7.77. The fourth-order valence-corrected chi connectivity index (χ4v) is 1.29. The second-order valence-electron chi connectivity index (χ2n) is 3.07. The first-order valence-electron chi connectivity index (χ1n) is 4.91. The summed E-state index contributed by atoms with van der Waals surface area (Å²) in [5.41, 5.74) is 0.582. The summed E-state index contributed by atoms with van der Waals surface area (Å²) in [4.78, 5) is 11.6. The normalized spacial score (nSPS) is 10.4. The monoisotopic (exact) mass is 239 g/mol. The van der Waals surface area contributed by atoms with Crippen LogP contribution in [-0.4, -0.2) is 25.4 Å². The summed E-state index contributed by atoms with van der Waals surface area (Å²) in [5, 5.41) is 2.75. The van der Waals surface area contributed by atoms with E-state index in [1.165, 1.54) is 0 Å². The summed E-state index contributed by atoms with van der Waals surface area (Å²) in [7, 11) is 1.57. The zero-order valence-electron chi connectivity index (χ0n) is 9.07. The van der Waals surface area contributed by atoms with Crippen molar-refractivity contribution in [3.8, 4) is 5.75 Å². The van der Waals surface area contributed by atoms with Crippen molar-refractivity contribution < 1.29 is 9.53 Å². The summed E-state index contributed by atoms with van der Waals surface area (Å²) >= 11 is 5.46. The Hall–Kier alpha value is -1.48. The third-order valence-electron chi connectivity index (χ3n) is 1.97. The van der Waals surface area contributed by atoms with Gasteiger partial charge < -0.3 is 10.1 Å². The van der Waals surface area contributed by atoms with Crippen LogP contribution >= 0.6 is 11.6 Å². The van der Waals surface area contributed by atoms with Crippen molar-refractivity contribution in [3.63, 3.8) is 0 Å². The van der Waals surface area contributed by atoms with Crippen LogP contribution in [0.25, 0.3) is 0 Å². The van der Waals surface area contributed by atoms with E-state index >= 15 is 0 Å². The summed E-state index contributed by atoms with van der Waals surface area (Å²) in [5.74, 6) is 0.997. The van der Waals surface area contributed by atoms with Gasteiger partial charge in [0.1, 0.15) is 5.75 Å². The molecule has 16 heavy (non-hydrogen) atoms. The van der Waals surface area contributed by atoms with Gasteiger partial charge in [0.15, 0.2) is 0 Å². The number of carbonyl (C=O) groups is 1. The number of hydrogen-bond acceptors (Lipinski definition) is 2. The first kappa shape index (κ1) is 12.6. The van der Waals surface area contributed by atoms with Crippen LogP contribution in [0.3, 0.4) is 0 Å². The third kappa shape index (κ3) is 3.95. The van der Waals surface area contributed by atoms with Gasteiger partial charge in [-0.2, -0.15) is 0 Å². The fraction of sp³-hybridized carbons (Fsp3) is 0.250. The molecule has 0 heterocycles. The van der Waals surface area contributed by atoms with Gasteiger partial charge in [-0.05, 0) is 18.2 Å². The molecule has 0 unspecified atom stereocenters. The highest BCUT2D eigenvalue weighted by Gasteiger charge is 2.04. The van der Waals surface area contributed by atoms with Gasteiger partial charge in [0.2, 0.25) is 0 Å². The zero-order chi connectivity index (χ0) is 11.8. The van der Waals surface area contributed by atoms with E-state index in [-0.39, 0.29) is 5.91 Å². The van der Waals surface area contributed by atoms with Crippen LogP contribution in [0.5, 0.6) is 5.75 Å². The molecule has 0 saturated heterocycles. The lowest BCUT2D eigenvalue weighted by Gasteiger charge is -2.04. The third-order valence-corrected chi connectivity index (χ3v) is 2.15. The maximum Gasteiger partial charge on any atom is 0.251 e. The number of ether oxygens (including phenoxy) is 1. The molecule has 1 N–H and O–H groups in total. The average Bonchev–Trinajstić information content (AvgIpc) is 2.34. The minimum atomic E-state index is -0.127. The number of hydrogen-bond donors (Lipinski definition) is 1. The Balaban J connectivity index is 2.55. The first-order valence-corrected chi connectivity index (χ1v) is 5.44. The molecule has 86 valence electrons. The molecular formula is C12H14ClNO2. The second-order valence-corrected chi connectivity index (χ2v) is 3.38. The van der Waals surface area contributed by atoms with Crippen molar-refractivity contribution in [1.29, 1.82) is 0 Å². The molecule has 0 aromatic heterocycles. The van der Waals surface area contributed by atoms with E-state index in [0.29, 0.717) is 23.7 Å². The van der Waals surface area contributed by atoms with E-state index in [1.54, 1.807) is 37.5 Å². The number of halogens is 1. The molecule has 1 amide bonds. The molecule has 0 spiro atoms. The lowest BCUT2D eigenvalue weighted by molar-refractivity contribution is 0.0957. The number of rotatable bonds is 5. The molecule has 0 aliphatic carbocycles. The van der Waals surface area contributed by atoms with Crippen molar-refractivity contribution in [1.82, 2.24) is 5.32 Å². The molecule has 0 atom stereocenters. The maximum atomic E-state index is 11.6. The Morgan fingerprint density at radius 2 is 2.31 bits per heavy atom. The average molecular weight is 240 g/mol. The minimum Gasteiger partial charge on any atom is -0.497 e. The highest BCUT2D eigenvalue weighted by molar-refractivity contribution is 6.18. The van der Waals surface area contributed by atoms with Crippen LogP contribution in [0.15, 0.2) is 36.4 Å². The van der Waals surface area contributed by atoms with Crippen molar-refractivity contribution in [2.24, 2.45) is 0 Å². The Bertz CT molecular complexity index is 377. The molecule has 3 nitrogen and oxygen atoms in total. The summed E-state index contributed by atoms with van der Waals surface area (Å²) in [6.07, 6.45) is 3.60. The van der Waals surface area contributed by atoms with Crippen LogP contribution in [0.2, 0.25) is 0 Å². The highest BCUT2D eigenvalue weighted by atomic mass is 35.5. The highest BCUT2D eigenvalue weighted by Crippen LogP contribution is 2.12. The van der Waals surface area contributed by atoms with Gasteiger partial charge in [-0.1, -0.05) is 18.2 Å². The standard InChI is InChI=1S/C12H14ClNO2/c1-16-11-6-4-5-10(9-11)12(15)14-8-3-2-7-13/h2-6,9H,7-8H2,1H3,(H,14,15)/b3-2+. The number of allylic oxidation sites excluding steroid dienone is 1. The van der Waals surface area contributed by atoms with E-state index in [0.717, 1.165) is 0 Å². The minimum absolute atomic E-state index is 0.127. The molecule has 1 aromatic carbocycles. The van der Waals surface area contributed by atoms with E-state index in [2.05, 4.69) is 5.32 Å². The number of carbonyl (C=O) groups excluding carboxylic acids is 1. The summed E-state index contributed by atoms with van der Waals surface area (Å²) < 4.78 is 5.04. The lowest BCUT2D eigenvalue weighted by Crippen LogP contribution is -2.23. The molecule has 1 aromatic rings. The predicted molar refractivity (Wildman–Crippen MR) is 65.2 cm³/mol. The Labute approximate surface area is 100 Å². The number of alkyl halides is 1. The molecule has 0 aliphatic heterocycles. The van der Waals surface area contributed by atoms with E-state index in [4.69, 9.17) is 16.3 Å². The summed E-state index contributed by atoms with van der Waals surface area (Å²) in [6.45, 7) is 0.475. The largest absolute Gasteiger partial charge is 0.497 e. The van der Waals surface area contributed by atoms with Crippen LogP contribution in [-0.2, 0) is 0 Å². The smallest absolute Gasteiger partial charge is 0.251 e. The van der Waals surface area contributed by atoms with Gasteiger partial charge in [0.25, 0.3) is 5.91 Å². The SMILES string of the molecule is COc1cccc(C(=O)NC/C=C/CCl)c1. The zero-order valence-corrected chi connectivity index (χ0v) is 9.83. The van der Waals surface area contributed by atoms with Crippen LogP contribution in [0, 0.1) is 0 Å². The van der Waals surface area contributed by atoms with Crippen molar-refractivity contribution in [2.75, 3.05) is 19.5 Å². The summed E-state index contributed by atoms with van der Waals surface area (Å²) in [6, 6.07) is 7.01. The van der Waals surface area contributed by atoms with Gasteiger partial charge in [0, 0.05) is 18.0 Å². The number of benzene rings is 1. The Morgan fingerprint density at radius 1 is 1.50 bits per heavy atom. The van der Waals surface area contributed by atoms with Crippen LogP contribution < -0.4 is 10.1 Å². The van der Waals surface area contributed by atoms with Crippen LogP contribution in [0.4, 0.5) is 0 Å². The quantitative estimate of drug-likeness (QED) is 0.632. The van der Waals surface area contributed by atoms with Gasteiger partial charge in [-0.15, -0.1) is 11.6 Å². The van der Waals surface area contributed by atoms with Crippen molar-refractivity contribution in [3.05, 3.63) is 42.0 Å². The molecule has 0 bridgehead atoms. The molecule has 4 heteroatoms. The maximum absolute atomic E-state index is 11.6. The van der Waals surface area contributed by atoms with Gasteiger partial charge >= 0.3 is 0 Å². The van der Waals surface area contributed by atoms with E-state index in [1.807, 2.05) is 6.08 Å². The number of methoxy groups -OCH3 is 1. The molecule has 0 saturated carbocycles. The topological polar surface area (TPSA) is 38.3 Å². The van der Waals surface area contributed by atoms with Gasteiger partial charge in [0.05, 0.1) is 7.11 Å². The molecule has 0 aliphatic rings. The van der Waals surface area contributed by atoms with Gasteiger partial charge in [-0.25, -0.2) is 0 Å². The fourth-order valence-electron chi connectivity index (χ4n) is 1.16. The lowest BCUT2D eigenvalue weighted by atomic mass is 10.2. The Morgan fingerprint density at radius 3 is 3.00 bits per heavy atom. The second kappa shape index (κ2) is 6.90. The molecular weight excluding hydrogens is 226 g/mol. The van der Waals surface area contributed by atoms with Crippen LogP contribution in [0.1, 0.15) is 10.4 Å². The predicted octanol–water partition coefficient (Wildman–Crippen LogP) is 2.22. The van der Waals surface area contributed by atoms with Crippen molar-refractivity contribution >= 4 is 17.5 Å². The number of amides is 1. The van der Waals surface area contributed by atoms with Gasteiger partial charge in [-0.3, -0.25) is 4.79 Å². The van der Waals surface area contributed by atoms with E-state index < -0.39 is 0 Å². The molecule has 1 rings (SSSR count). The molecule has 0 fully saturated rings. The van der Waals surface area contributed by atoms with Crippen molar-refractivity contribution in [2.45, 2.75) is 0 Å². The van der Waals surface area contributed by atoms with E-state index in [9.17, 15) is 4.79 Å².